The molecule has 0 N–H and O–H groups in total. The van der Waals surface area contributed by atoms with E-state index in [1.165, 1.54) is 38.8 Å². The molecule has 2 aromatic carbocycles. The van der Waals surface area contributed by atoms with Crippen LogP contribution in [0, 0.1) is 0 Å². The van der Waals surface area contributed by atoms with Crippen LogP contribution < -0.4 is 0 Å². The van der Waals surface area contributed by atoms with Crippen LogP contribution in [0.4, 0.5) is 13.2 Å². The molecule has 0 unspecified atom stereocenters. The van der Waals surface area contributed by atoms with Gasteiger partial charge < -0.3 is 14.4 Å². The quantitative estimate of drug-likeness (QED) is 0.577. The topological polar surface area (TPSA) is 55.8 Å². The van der Waals surface area contributed by atoms with Crippen LogP contribution in [0.15, 0.2) is 72.1 Å². The Morgan fingerprint density at radius 2 is 1.41 bits per heavy atom. The van der Waals surface area contributed by atoms with Crippen LogP contribution in [0.3, 0.4) is 0 Å². The van der Waals surface area contributed by atoms with Crippen molar-refractivity contribution in [1.29, 1.82) is 0 Å². The van der Waals surface area contributed by atoms with Crippen molar-refractivity contribution in [2.24, 2.45) is 0 Å². The van der Waals surface area contributed by atoms with Crippen molar-refractivity contribution in [3.05, 3.63) is 93.8 Å². The highest BCUT2D eigenvalue weighted by Gasteiger charge is 2.36. The van der Waals surface area contributed by atoms with Gasteiger partial charge in [-0.1, -0.05) is 35.9 Å². The van der Waals surface area contributed by atoms with Gasteiger partial charge in [-0.3, -0.25) is 0 Å². The Balaban J connectivity index is 2.05. The summed E-state index contributed by atoms with van der Waals surface area (Å²) in [5, 5.41) is 0.561. The van der Waals surface area contributed by atoms with Gasteiger partial charge in [0, 0.05) is 24.0 Å². The van der Waals surface area contributed by atoms with Crippen LogP contribution in [-0.4, -0.2) is 31.1 Å². The standard InChI is InChI=1S/C23H19ClF3NO4/c1-31-21(29)18-12-28(11-14-3-9-17(24)10-4-14)13-19(22(30)32-2)20(18)15-5-7-16(8-6-15)23(25,26)27/h3-10,12-13,20H,11H2,1-2H3. The van der Waals surface area contributed by atoms with E-state index in [4.69, 9.17) is 21.1 Å². The van der Waals surface area contributed by atoms with Crippen molar-refractivity contribution in [3.63, 3.8) is 0 Å². The third-order valence-corrected chi connectivity index (χ3v) is 5.18. The number of rotatable bonds is 5. The number of esters is 2. The van der Waals surface area contributed by atoms with Gasteiger partial charge in [0.05, 0.1) is 36.8 Å². The third-order valence-electron chi connectivity index (χ3n) is 4.92. The molecule has 0 aliphatic carbocycles. The number of benzene rings is 2. The van der Waals surface area contributed by atoms with Gasteiger partial charge in [-0.15, -0.1) is 0 Å². The summed E-state index contributed by atoms with van der Waals surface area (Å²) in [6.07, 6.45) is -1.49. The van der Waals surface area contributed by atoms with Gasteiger partial charge in [-0.05, 0) is 35.4 Å². The molecule has 9 heteroatoms. The molecule has 1 heterocycles. The second-order valence-electron chi connectivity index (χ2n) is 7.00. The minimum Gasteiger partial charge on any atom is -0.466 e. The smallest absolute Gasteiger partial charge is 0.416 e. The molecule has 0 aromatic heterocycles. The first kappa shape index (κ1) is 23.4. The molecule has 2 aromatic rings. The highest BCUT2D eigenvalue weighted by atomic mass is 35.5. The van der Waals surface area contributed by atoms with Gasteiger partial charge in [0.15, 0.2) is 0 Å². The van der Waals surface area contributed by atoms with Crippen LogP contribution in [-0.2, 0) is 31.8 Å². The van der Waals surface area contributed by atoms with Crippen LogP contribution in [0.2, 0.25) is 5.02 Å². The summed E-state index contributed by atoms with van der Waals surface area (Å²) in [4.78, 5) is 26.8. The number of ether oxygens (including phenoxy) is 2. The van der Waals surface area contributed by atoms with Crippen LogP contribution in [0.1, 0.15) is 22.6 Å². The maximum atomic E-state index is 13.0. The van der Waals surface area contributed by atoms with Gasteiger partial charge >= 0.3 is 18.1 Å². The van der Waals surface area contributed by atoms with E-state index in [0.29, 0.717) is 17.1 Å². The largest absolute Gasteiger partial charge is 0.466 e. The zero-order valence-electron chi connectivity index (χ0n) is 17.2. The maximum Gasteiger partial charge on any atom is 0.416 e. The second kappa shape index (κ2) is 9.48. The molecule has 0 fully saturated rings. The summed E-state index contributed by atoms with van der Waals surface area (Å²) < 4.78 is 48.7. The van der Waals surface area contributed by atoms with Crippen molar-refractivity contribution in [2.45, 2.75) is 18.6 Å². The first-order valence-corrected chi connectivity index (χ1v) is 9.79. The van der Waals surface area contributed by atoms with Crippen LogP contribution in [0.25, 0.3) is 0 Å². The highest BCUT2D eigenvalue weighted by Crippen LogP contribution is 2.39. The SMILES string of the molecule is COC(=O)C1=CN(Cc2ccc(Cl)cc2)C=C(C(=O)OC)C1c1ccc(C(F)(F)F)cc1. The molecular weight excluding hydrogens is 447 g/mol. The average Bonchev–Trinajstić information content (AvgIpc) is 2.78. The average molecular weight is 466 g/mol. The lowest BCUT2D eigenvalue weighted by atomic mass is 9.83. The number of alkyl halides is 3. The monoisotopic (exact) mass is 465 g/mol. The summed E-state index contributed by atoms with van der Waals surface area (Å²) in [6.45, 7) is 0.303. The summed E-state index contributed by atoms with van der Waals surface area (Å²) in [5.41, 5.74) is 0.502. The lowest BCUT2D eigenvalue weighted by Crippen LogP contribution is -2.28. The molecule has 0 atom stereocenters. The van der Waals surface area contributed by atoms with Crippen molar-refractivity contribution < 1.29 is 32.2 Å². The molecule has 0 bridgehead atoms. The second-order valence-corrected chi connectivity index (χ2v) is 7.44. The fourth-order valence-corrected chi connectivity index (χ4v) is 3.53. The van der Waals surface area contributed by atoms with E-state index in [1.807, 2.05) is 0 Å². The highest BCUT2D eigenvalue weighted by molar-refractivity contribution is 6.30. The fraction of sp³-hybridized carbons (Fsp3) is 0.217. The predicted octanol–water partition coefficient (Wildman–Crippen LogP) is 5.07. The maximum absolute atomic E-state index is 13.0. The molecule has 0 spiro atoms. The van der Waals surface area contributed by atoms with E-state index < -0.39 is 29.6 Å². The zero-order chi connectivity index (χ0) is 23.5. The Morgan fingerprint density at radius 3 is 1.84 bits per heavy atom. The van der Waals surface area contributed by atoms with E-state index in [9.17, 15) is 22.8 Å². The predicted molar refractivity (Wildman–Crippen MR) is 111 cm³/mol. The minimum atomic E-state index is -4.51. The van der Waals surface area contributed by atoms with Crippen molar-refractivity contribution in [2.75, 3.05) is 14.2 Å². The summed E-state index contributed by atoms with van der Waals surface area (Å²) in [6, 6.07) is 11.3. The van der Waals surface area contributed by atoms with Gasteiger partial charge in [0.2, 0.25) is 0 Å². The number of carbonyl (C=O) groups excluding carboxylic acids is 2. The number of carbonyl (C=O) groups is 2. The van der Waals surface area contributed by atoms with Gasteiger partial charge in [-0.25, -0.2) is 9.59 Å². The van der Waals surface area contributed by atoms with E-state index in [2.05, 4.69) is 0 Å². The summed E-state index contributed by atoms with van der Waals surface area (Å²) >= 11 is 5.92. The number of methoxy groups -OCH3 is 2. The lowest BCUT2D eigenvalue weighted by molar-refractivity contribution is -0.138. The Labute approximate surface area is 187 Å². The fourth-order valence-electron chi connectivity index (χ4n) is 3.40. The zero-order valence-corrected chi connectivity index (χ0v) is 17.9. The molecule has 32 heavy (non-hydrogen) atoms. The van der Waals surface area contributed by atoms with E-state index >= 15 is 0 Å². The molecule has 0 radical (unpaired) electrons. The van der Waals surface area contributed by atoms with Crippen LogP contribution >= 0.6 is 11.6 Å². The van der Waals surface area contributed by atoms with E-state index in [0.717, 1.165) is 17.7 Å². The molecule has 0 saturated carbocycles. The molecule has 3 rings (SSSR count). The first-order chi connectivity index (χ1) is 15.1. The van der Waals surface area contributed by atoms with Crippen molar-refractivity contribution in [1.82, 2.24) is 4.90 Å². The van der Waals surface area contributed by atoms with Crippen LogP contribution in [0.5, 0.6) is 0 Å². The molecule has 1 aliphatic heterocycles. The first-order valence-electron chi connectivity index (χ1n) is 9.41. The Morgan fingerprint density at radius 1 is 0.906 bits per heavy atom. The summed E-state index contributed by atoms with van der Waals surface area (Å²) in [7, 11) is 2.37. The molecule has 5 nitrogen and oxygen atoms in total. The molecular formula is C23H19ClF3NO4. The Hall–Kier alpha value is -3.26. The van der Waals surface area contributed by atoms with Gasteiger partial charge in [0.1, 0.15) is 0 Å². The Bertz CT molecular complexity index is 1030. The Kier molecular flexibility index (Phi) is 6.93. The number of hydrogen-bond acceptors (Lipinski definition) is 5. The van der Waals surface area contributed by atoms with Crippen molar-refractivity contribution in [3.8, 4) is 0 Å². The lowest BCUT2D eigenvalue weighted by Gasteiger charge is -2.30. The summed E-state index contributed by atoms with van der Waals surface area (Å²) in [5.74, 6) is -2.39. The molecule has 0 saturated heterocycles. The van der Waals surface area contributed by atoms with Crippen molar-refractivity contribution >= 4 is 23.5 Å². The number of halogens is 4. The number of nitrogens with zero attached hydrogens (tertiary/aromatic N) is 1. The number of hydrogen-bond donors (Lipinski definition) is 0. The third kappa shape index (κ3) is 5.13. The molecule has 1 aliphatic rings. The molecule has 0 amide bonds. The van der Waals surface area contributed by atoms with E-state index in [-0.39, 0.29) is 11.1 Å². The minimum absolute atomic E-state index is 0.0872. The molecule has 168 valence electrons. The van der Waals surface area contributed by atoms with E-state index in [1.54, 1.807) is 29.2 Å². The van der Waals surface area contributed by atoms with Gasteiger partial charge in [0.25, 0.3) is 0 Å². The van der Waals surface area contributed by atoms with Gasteiger partial charge in [-0.2, -0.15) is 13.2 Å². The normalized spacial score (nSPS) is 14.5.